The molecule has 0 spiro atoms. The lowest BCUT2D eigenvalue weighted by Gasteiger charge is -2.26. The fourth-order valence-corrected chi connectivity index (χ4v) is 3.12. The molecule has 1 amide bonds. The van der Waals surface area contributed by atoms with Crippen LogP contribution in [0.25, 0.3) is 11.4 Å². The highest BCUT2D eigenvalue weighted by atomic mass is 16.5. The minimum Gasteiger partial charge on any atom is -0.493 e. The summed E-state index contributed by atoms with van der Waals surface area (Å²) in [6, 6.07) is 13.1. The highest BCUT2D eigenvalue weighted by Gasteiger charge is 2.20. The molecule has 0 unspecified atom stereocenters. The van der Waals surface area contributed by atoms with Crippen LogP contribution in [0.5, 0.6) is 11.5 Å². The quantitative estimate of drug-likeness (QED) is 0.556. The fraction of sp³-hybridized carbons (Fsp3) is 0.348. The lowest BCUT2D eigenvalue weighted by atomic mass is 10.1. The molecule has 0 aliphatic heterocycles. The molecule has 1 heterocycles. The molecule has 0 atom stereocenters. The molecule has 3 rings (SSSR count). The SMILES string of the molecule is COc1ccc(-c2noc(CCN(C(=O)c3ccc(C)cc3)C(C)C)n2)cc1OC. The summed E-state index contributed by atoms with van der Waals surface area (Å²) in [5, 5.41) is 4.07. The van der Waals surface area contributed by atoms with Gasteiger partial charge in [0.25, 0.3) is 5.91 Å². The Hall–Kier alpha value is -3.35. The fourth-order valence-electron chi connectivity index (χ4n) is 3.12. The van der Waals surface area contributed by atoms with Gasteiger partial charge in [0.05, 0.1) is 14.2 Å². The maximum Gasteiger partial charge on any atom is 0.254 e. The molecule has 7 heteroatoms. The standard InChI is InChI=1S/C23H27N3O4/c1-15(2)26(23(27)17-8-6-16(3)7-9-17)13-12-21-24-22(25-30-21)18-10-11-19(28-4)20(14-18)29-5/h6-11,14-15H,12-13H2,1-5H3. The molecule has 0 radical (unpaired) electrons. The molecule has 2 aromatic carbocycles. The number of benzene rings is 2. The van der Waals surface area contributed by atoms with E-state index in [1.54, 1.807) is 26.4 Å². The van der Waals surface area contributed by atoms with Crippen molar-refractivity contribution in [2.75, 3.05) is 20.8 Å². The van der Waals surface area contributed by atoms with Gasteiger partial charge in [-0.3, -0.25) is 4.79 Å². The summed E-state index contributed by atoms with van der Waals surface area (Å²) in [6.07, 6.45) is 0.468. The molecule has 1 aromatic heterocycles. The third-order valence-electron chi connectivity index (χ3n) is 4.86. The Balaban J connectivity index is 1.71. The Morgan fingerprint density at radius 2 is 1.77 bits per heavy atom. The normalized spacial score (nSPS) is 10.9. The van der Waals surface area contributed by atoms with E-state index in [-0.39, 0.29) is 11.9 Å². The predicted octanol–water partition coefficient (Wildman–Crippen LogP) is 4.16. The number of methoxy groups -OCH3 is 2. The number of aryl methyl sites for hydroxylation is 1. The van der Waals surface area contributed by atoms with Gasteiger partial charge in [-0.1, -0.05) is 22.9 Å². The molecule has 0 saturated carbocycles. The molecule has 30 heavy (non-hydrogen) atoms. The molecule has 7 nitrogen and oxygen atoms in total. The van der Waals surface area contributed by atoms with E-state index in [0.29, 0.717) is 41.7 Å². The summed E-state index contributed by atoms with van der Waals surface area (Å²) in [6.45, 7) is 6.47. The monoisotopic (exact) mass is 409 g/mol. The minimum atomic E-state index is -0.00960. The van der Waals surface area contributed by atoms with Gasteiger partial charge in [0.1, 0.15) is 0 Å². The number of ether oxygens (including phenoxy) is 2. The molecule has 0 bridgehead atoms. The first-order valence-electron chi connectivity index (χ1n) is 9.85. The second kappa shape index (κ2) is 9.43. The van der Waals surface area contributed by atoms with Gasteiger partial charge in [0.2, 0.25) is 11.7 Å². The highest BCUT2D eigenvalue weighted by molar-refractivity contribution is 5.94. The van der Waals surface area contributed by atoms with Crippen molar-refractivity contribution < 1.29 is 18.8 Å². The lowest BCUT2D eigenvalue weighted by Crippen LogP contribution is -2.38. The summed E-state index contributed by atoms with van der Waals surface area (Å²) in [4.78, 5) is 19.2. The maximum absolute atomic E-state index is 12.9. The summed E-state index contributed by atoms with van der Waals surface area (Å²) < 4.78 is 16.0. The first-order chi connectivity index (χ1) is 14.4. The van der Waals surface area contributed by atoms with Crippen LogP contribution in [0.1, 0.15) is 35.7 Å². The van der Waals surface area contributed by atoms with E-state index < -0.39 is 0 Å². The van der Waals surface area contributed by atoms with E-state index in [0.717, 1.165) is 11.1 Å². The van der Waals surface area contributed by atoms with E-state index in [9.17, 15) is 4.79 Å². The average Bonchev–Trinajstić information content (AvgIpc) is 3.22. The van der Waals surface area contributed by atoms with E-state index in [2.05, 4.69) is 10.1 Å². The number of hydrogen-bond donors (Lipinski definition) is 0. The molecular weight excluding hydrogens is 382 g/mol. The number of hydrogen-bond acceptors (Lipinski definition) is 6. The van der Waals surface area contributed by atoms with Crippen molar-refractivity contribution in [3.8, 4) is 22.9 Å². The van der Waals surface area contributed by atoms with Crippen molar-refractivity contribution in [3.05, 3.63) is 59.5 Å². The van der Waals surface area contributed by atoms with Gasteiger partial charge >= 0.3 is 0 Å². The zero-order chi connectivity index (χ0) is 21.7. The van der Waals surface area contributed by atoms with Crippen molar-refractivity contribution >= 4 is 5.91 Å². The van der Waals surface area contributed by atoms with Crippen LogP contribution in [-0.4, -0.2) is 47.8 Å². The molecule has 0 aliphatic rings. The van der Waals surface area contributed by atoms with E-state index in [1.165, 1.54) is 0 Å². The number of aromatic nitrogens is 2. The van der Waals surface area contributed by atoms with Crippen molar-refractivity contribution in [1.82, 2.24) is 15.0 Å². The van der Waals surface area contributed by atoms with Gasteiger partial charge in [0, 0.05) is 30.1 Å². The Labute approximate surface area is 176 Å². The van der Waals surface area contributed by atoms with E-state index in [1.807, 2.05) is 56.0 Å². The largest absolute Gasteiger partial charge is 0.493 e. The maximum atomic E-state index is 12.9. The number of carbonyl (C=O) groups excluding carboxylic acids is 1. The summed E-state index contributed by atoms with van der Waals surface area (Å²) in [5.41, 5.74) is 2.56. The Kier molecular flexibility index (Phi) is 6.72. The molecular formula is C23H27N3O4. The van der Waals surface area contributed by atoms with E-state index in [4.69, 9.17) is 14.0 Å². The first-order valence-corrected chi connectivity index (χ1v) is 9.85. The lowest BCUT2D eigenvalue weighted by molar-refractivity contribution is 0.0704. The van der Waals surface area contributed by atoms with Crippen LogP contribution in [-0.2, 0) is 6.42 Å². The topological polar surface area (TPSA) is 77.7 Å². The van der Waals surface area contributed by atoms with Crippen molar-refractivity contribution in [2.45, 2.75) is 33.2 Å². The van der Waals surface area contributed by atoms with Crippen LogP contribution in [0.2, 0.25) is 0 Å². The van der Waals surface area contributed by atoms with Gasteiger partial charge in [-0.15, -0.1) is 0 Å². The van der Waals surface area contributed by atoms with Crippen molar-refractivity contribution in [1.29, 1.82) is 0 Å². The number of amides is 1. The summed E-state index contributed by atoms with van der Waals surface area (Å²) >= 11 is 0. The zero-order valence-electron chi connectivity index (χ0n) is 18.0. The van der Waals surface area contributed by atoms with Gasteiger partial charge in [-0.25, -0.2) is 0 Å². The Bertz CT molecular complexity index is 996. The number of nitrogens with zero attached hydrogens (tertiary/aromatic N) is 3. The molecule has 0 saturated heterocycles. The minimum absolute atomic E-state index is 0.00960. The average molecular weight is 409 g/mol. The predicted molar refractivity (Wildman–Crippen MR) is 114 cm³/mol. The Morgan fingerprint density at radius 1 is 1.07 bits per heavy atom. The summed E-state index contributed by atoms with van der Waals surface area (Å²) in [7, 11) is 3.16. The molecule has 0 aliphatic carbocycles. The van der Waals surface area contributed by atoms with Crippen LogP contribution >= 0.6 is 0 Å². The van der Waals surface area contributed by atoms with E-state index >= 15 is 0 Å². The number of rotatable bonds is 8. The van der Waals surface area contributed by atoms with Crippen LogP contribution < -0.4 is 9.47 Å². The van der Waals surface area contributed by atoms with Gasteiger partial charge in [0.15, 0.2) is 11.5 Å². The third kappa shape index (κ3) is 4.79. The van der Waals surface area contributed by atoms with Gasteiger partial charge in [-0.2, -0.15) is 4.98 Å². The van der Waals surface area contributed by atoms with Crippen LogP contribution in [0.4, 0.5) is 0 Å². The number of carbonyl (C=O) groups is 1. The van der Waals surface area contributed by atoms with Crippen LogP contribution in [0, 0.1) is 6.92 Å². The molecule has 0 fully saturated rings. The Morgan fingerprint density at radius 3 is 2.40 bits per heavy atom. The first kappa shape index (κ1) is 21.4. The third-order valence-corrected chi connectivity index (χ3v) is 4.86. The van der Waals surface area contributed by atoms with Gasteiger partial charge < -0.3 is 18.9 Å². The second-order valence-corrected chi connectivity index (χ2v) is 7.29. The summed E-state index contributed by atoms with van der Waals surface area (Å²) in [5.74, 6) is 2.15. The van der Waals surface area contributed by atoms with Crippen LogP contribution in [0.15, 0.2) is 47.0 Å². The molecule has 0 N–H and O–H groups in total. The van der Waals surface area contributed by atoms with Crippen LogP contribution in [0.3, 0.4) is 0 Å². The molecule has 3 aromatic rings. The zero-order valence-corrected chi connectivity index (χ0v) is 18.0. The molecule has 158 valence electrons. The smallest absolute Gasteiger partial charge is 0.254 e. The van der Waals surface area contributed by atoms with Gasteiger partial charge in [-0.05, 0) is 51.1 Å². The second-order valence-electron chi connectivity index (χ2n) is 7.29. The highest BCUT2D eigenvalue weighted by Crippen LogP contribution is 2.31. The van der Waals surface area contributed by atoms with Crippen molar-refractivity contribution in [2.24, 2.45) is 0 Å². The van der Waals surface area contributed by atoms with Crippen molar-refractivity contribution in [3.63, 3.8) is 0 Å².